The van der Waals surface area contributed by atoms with Gasteiger partial charge in [0.15, 0.2) is 5.11 Å². The summed E-state index contributed by atoms with van der Waals surface area (Å²) < 4.78 is 0. The number of halogens is 1. The molecule has 0 aliphatic carbocycles. The van der Waals surface area contributed by atoms with E-state index in [0.717, 1.165) is 0 Å². The molecule has 0 bridgehead atoms. The number of hydrazone groups is 1. The Kier molecular flexibility index (Phi) is 2.44. The second-order valence-electron chi connectivity index (χ2n) is 0.512. The summed E-state index contributed by atoms with van der Waals surface area (Å²) in [5.74, 6) is 0. The second-order valence-corrected chi connectivity index (χ2v) is 0.512. The van der Waals surface area contributed by atoms with Crippen molar-refractivity contribution in [2.45, 2.75) is 0 Å². The first kappa shape index (κ1) is 5.46. The van der Waals surface area contributed by atoms with Crippen molar-refractivity contribution in [3.8, 4) is 0 Å². The first-order chi connectivity index (χ1) is 2.50. The Morgan fingerprint density at radius 2 is 2.33 bits per heavy atom. The normalized spacial score (nSPS) is 12.0. The Morgan fingerprint density at radius 1 is 1.50 bits per heavy atom. The van der Waals surface area contributed by atoms with Crippen LogP contribution in [0.1, 0.15) is 0 Å². The lowest BCUT2D eigenvalue weighted by atomic mass is 11.4. The van der Waals surface area contributed by atoms with Gasteiger partial charge in [-0.3, -0.25) is 0 Å². The van der Waals surface area contributed by atoms with Gasteiger partial charge in [-0.2, -0.15) is 0 Å². The van der Waals surface area contributed by atoms with Crippen LogP contribution >= 0.6 is 0 Å². The Morgan fingerprint density at radius 3 is 2.50 bits per heavy atom. The fourth-order valence-electron chi connectivity index (χ4n) is 0.112. The zero-order valence-electron chi connectivity index (χ0n) is 2.72. The summed E-state index contributed by atoms with van der Waals surface area (Å²) in [5.41, 5.74) is 2.19. The van der Waals surface area contributed by atoms with Crippen molar-refractivity contribution in [3.05, 3.63) is 0 Å². The van der Waals surface area contributed by atoms with Crippen molar-refractivity contribution in [2.75, 3.05) is 0 Å². The van der Waals surface area contributed by atoms with Crippen LogP contribution in [-0.4, -0.2) is 6.34 Å². The highest BCUT2D eigenvalue weighted by molar-refractivity contribution is 5.54. The number of hydrogen-bond donors (Lipinski definition) is 1. The van der Waals surface area contributed by atoms with Gasteiger partial charge in [-0.25, -0.2) is 0 Å². The molecule has 4 nitrogen and oxygen atoms in total. The molecule has 1 aliphatic rings. The maximum atomic E-state index is 3.25. The summed E-state index contributed by atoms with van der Waals surface area (Å²) >= 11 is 0. The maximum Gasteiger partial charge on any atom is 0.598 e. The largest absolute Gasteiger partial charge is 1.00 e. The molecule has 0 spiro atoms. The molecule has 6 heavy (non-hydrogen) atoms. The van der Waals surface area contributed by atoms with Crippen molar-refractivity contribution >= 4 is 6.34 Å². The molecule has 0 saturated carbocycles. The Hall–Kier alpha value is -0.540. The monoisotopic (exact) mass is 148 g/mol. The molecule has 0 aromatic rings. The molecule has 0 unspecified atom stereocenters. The van der Waals surface area contributed by atoms with E-state index in [-0.39, 0.29) is 17.0 Å². The minimum absolute atomic E-state index is 0. The average molecular weight is 149 g/mol. The van der Waals surface area contributed by atoms with E-state index in [2.05, 4.69) is 27.3 Å². The molecule has 1 rings (SSSR count). The Bertz CT molecular complexity index is 65.6. The summed E-state index contributed by atoms with van der Waals surface area (Å²) in [6, 6.07) is 0. The van der Waals surface area contributed by atoms with Crippen molar-refractivity contribution in [3.63, 3.8) is 0 Å². The molecule has 1 heterocycles. The SMILES string of the molecule is [Br-].[C+]1=NNN=N1. The van der Waals surface area contributed by atoms with Gasteiger partial charge in [0, 0.05) is 5.22 Å². The van der Waals surface area contributed by atoms with Crippen LogP contribution in [0.2, 0.25) is 0 Å². The summed E-state index contributed by atoms with van der Waals surface area (Å²) in [4.78, 5) is 0. The third-order valence-electron chi connectivity index (χ3n) is 0.239. The molecular formula is CHBrN4. The van der Waals surface area contributed by atoms with E-state index >= 15 is 0 Å². The molecule has 0 aromatic carbocycles. The minimum atomic E-state index is 0. The van der Waals surface area contributed by atoms with Gasteiger partial charge in [-0.05, 0) is 0 Å². The van der Waals surface area contributed by atoms with Gasteiger partial charge in [-0.1, -0.05) is 0 Å². The molecular weight excluding hydrogens is 148 g/mol. The molecule has 0 saturated heterocycles. The predicted octanol–water partition coefficient (Wildman–Crippen LogP) is -3.22. The fourth-order valence-corrected chi connectivity index (χ4v) is 0.112. The second kappa shape index (κ2) is 2.68. The predicted molar refractivity (Wildman–Crippen MR) is 15.4 cm³/mol. The fraction of sp³-hybridized carbons (Fsp3) is 0. The minimum Gasteiger partial charge on any atom is -1.00 e. The third-order valence-corrected chi connectivity index (χ3v) is 0.239. The van der Waals surface area contributed by atoms with E-state index in [4.69, 9.17) is 0 Å². The Balaban J connectivity index is 0.000000250. The molecule has 0 radical (unpaired) electrons. The number of hydrogen-bond acceptors (Lipinski definition) is 4. The zero-order chi connectivity index (χ0) is 3.54. The lowest BCUT2D eigenvalue weighted by Gasteiger charge is -1.53. The van der Waals surface area contributed by atoms with Crippen LogP contribution in [0.4, 0.5) is 0 Å². The molecule has 0 amide bonds. The van der Waals surface area contributed by atoms with E-state index in [1.807, 2.05) is 0 Å². The van der Waals surface area contributed by atoms with Gasteiger partial charge < -0.3 is 17.0 Å². The van der Waals surface area contributed by atoms with Crippen LogP contribution in [-0.2, 0) is 0 Å². The van der Waals surface area contributed by atoms with Gasteiger partial charge in [-0.15, -0.1) is 5.53 Å². The van der Waals surface area contributed by atoms with Gasteiger partial charge in [0.2, 0.25) is 0 Å². The molecule has 0 atom stereocenters. The highest BCUT2D eigenvalue weighted by atomic mass is 79.9. The topological polar surface area (TPSA) is 49.1 Å². The molecule has 32 valence electrons. The smallest absolute Gasteiger partial charge is 0.598 e. The quantitative estimate of drug-likeness (QED) is 0.362. The molecule has 1 aliphatic heterocycles. The van der Waals surface area contributed by atoms with E-state index in [1.165, 1.54) is 0 Å². The standard InChI is InChI=1S/CHN4.BrH/c1-2-4-5-3-1;/h(H,2,3,4,5);1H/q+1;/p-1. The lowest BCUT2D eigenvalue weighted by Crippen LogP contribution is -3.00. The third kappa shape index (κ3) is 1.05. The summed E-state index contributed by atoms with van der Waals surface area (Å²) in [6.07, 6.45) is 2.19. The number of nitrogens with zero attached hydrogens (tertiary/aromatic N) is 3. The zero-order valence-corrected chi connectivity index (χ0v) is 4.31. The van der Waals surface area contributed by atoms with Crippen molar-refractivity contribution in [1.82, 2.24) is 5.53 Å². The van der Waals surface area contributed by atoms with Crippen LogP contribution in [0.5, 0.6) is 0 Å². The van der Waals surface area contributed by atoms with E-state index < -0.39 is 0 Å². The molecule has 0 aromatic heterocycles. The summed E-state index contributed by atoms with van der Waals surface area (Å²) in [7, 11) is 0. The summed E-state index contributed by atoms with van der Waals surface area (Å²) in [6.45, 7) is 0. The number of rotatable bonds is 0. The van der Waals surface area contributed by atoms with Crippen molar-refractivity contribution in [2.24, 2.45) is 15.4 Å². The van der Waals surface area contributed by atoms with Gasteiger partial charge in [0.05, 0.1) is 0 Å². The van der Waals surface area contributed by atoms with E-state index in [9.17, 15) is 0 Å². The van der Waals surface area contributed by atoms with Crippen molar-refractivity contribution in [1.29, 1.82) is 0 Å². The van der Waals surface area contributed by atoms with Crippen LogP contribution in [0, 0.1) is 0 Å². The highest BCUT2D eigenvalue weighted by Crippen LogP contribution is 1.70. The maximum absolute atomic E-state index is 3.25. The van der Waals surface area contributed by atoms with Gasteiger partial charge in [0.25, 0.3) is 0 Å². The molecule has 5 heteroatoms. The molecule has 0 fully saturated rings. The van der Waals surface area contributed by atoms with E-state index in [1.54, 1.807) is 0 Å². The lowest BCUT2D eigenvalue weighted by molar-refractivity contribution is -0.00000115. The van der Waals surface area contributed by atoms with Gasteiger partial charge in [0.1, 0.15) is 5.10 Å². The van der Waals surface area contributed by atoms with Crippen LogP contribution in [0.25, 0.3) is 0 Å². The van der Waals surface area contributed by atoms with Gasteiger partial charge >= 0.3 is 6.34 Å². The average Bonchev–Trinajstić information content (AvgIpc) is 1.76. The summed E-state index contributed by atoms with van der Waals surface area (Å²) in [5, 5.41) is 9.61. The highest BCUT2D eigenvalue weighted by Gasteiger charge is 1.95. The van der Waals surface area contributed by atoms with Crippen LogP contribution < -0.4 is 22.5 Å². The first-order valence-electron chi connectivity index (χ1n) is 1.09. The Labute approximate surface area is 45.1 Å². The first-order valence-corrected chi connectivity index (χ1v) is 1.09. The van der Waals surface area contributed by atoms with Crippen LogP contribution in [0.15, 0.2) is 15.4 Å². The van der Waals surface area contributed by atoms with Crippen molar-refractivity contribution < 1.29 is 17.0 Å². The molecule has 1 N–H and O–H groups in total. The van der Waals surface area contributed by atoms with Crippen LogP contribution in [0.3, 0.4) is 0 Å². The van der Waals surface area contributed by atoms with E-state index in [0.29, 0.717) is 0 Å². The number of nitrogens with one attached hydrogen (secondary N) is 1.